The van der Waals surface area contributed by atoms with Crippen LogP contribution in [0.4, 0.5) is 26.1 Å². The van der Waals surface area contributed by atoms with E-state index in [1.807, 2.05) is 11.0 Å². The monoisotopic (exact) mass is 432 g/mol. The Morgan fingerprint density at radius 1 is 0.967 bits per heavy atom. The van der Waals surface area contributed by atoms with Crippen LogP contribution < -0.4 is 10.2 Å². The topological polar surface area (TPSA) is 91.3 Å². The fourth-order valence-electron chi connectivity index (χ4n) is 3.13. The molecule has 3 heterocycles. The summed E-state index contributed by atoms with van der Waals surface area (Å²) in [5.74, 6) is -0.757. The van der Waals surface area contributed by atoms with Crippen LogP contribution >= 0.6 is 0 Å². The van der Waals surface area contributed by atoms with Crippen LogP contribution in [0.15, 0.2) is 59.8 Å². The molecule has 1 aromatic carbocycles. The molecule has 1 N–H and O–H groups in total. The maximum absolute atomic E-state index is 14.0. The number of aromatic nitrogens is 3. The van der Waals surface area contributed by atoms with Crippen molar-refractivity contribution in [3.63, 3.8) is 0 Å². The molecule has 0 bridgehead atoms. The molecule has 0 unspecified atom stereocenters. The highest BCUT2D eigenvalue weighted by Gasteiger charge is 2.31. The summed E-state index contributed by atoms with van der Waals surface area (Å²) >= 11 is 0. The number of benzene rings is 1. The lowest BCUT2D eigenvalue weighted by Crippen LogP contribution is -2.49. The summed E-state index contributed by atoms with van der Waals surface area (Å²) in [7, 11) is -4.04. The number of halogens is 2. The quantitative estimate of drug-likeness (QED) is 0.662. The Labute approximate surface area is 172 Å². The van der Waals surface area contributed by atoms with E-state index in [1.165, 1.54) is 4.31 Å². The van der Waals surface area contributed by atoms with E-state index in [-0.39, 0.29) is 13.1 Å². The van der Waals surface area contributed by atoms with Crippen molar-refractivity contribution in [1.82, 2.24) is 19.5 Å². The van der Waals surface area contributed by atoms with Crippen molar-refractivity contribution in [3.05, 3.63) is 66.5 Å². The molecule has 3 aromatic rings. The molecule has 0 aliphatic carbocycles. The molecule has 0 saturated carbocycles. The first kappa shape index (κ1) is 20.1. The van der Waals surface area contributed by atoms with Crippen LogP contribution in [0.1, 0.15) is 0 Å². The Morgan fingerprint density at radius 3 is 2.40 bits per heavy atom. The fraction of sp³-hybridized carbons (Fsp3) is 0.211. The Morgan fingerprint density at radius 2 is 1.77 bits per heavy atom. The lowest BCUT2D eigenvalue weighted by Gasteiger charge is -2.34. The van der Waals surface area contributed by atoms with Gasteiger partial charge in [0.15, 0.2) is 11.6 Å². The van der Waals surface area contributed by atoms with Crippen LogP contribution in [-0.2, 0) is 10.0 Å². The molecular formula is C19H18F2N6O2S. The number of rotatable bonds is 5. The predicted molar refractivity (Wildman–Crippen MR) is 107 cm³/mol. The number of nitrogens with one attached hydrogen (secondary N) is 1. The Kier molecular flexibility index (Phi) is 5.55. The van der Waals surface area contributed by atoms with E-state index in [1.54, 1.807) is 30.6 Å². The third-order valence-corrected chi connectivity index (χ3v) is 6.59. The number of pyridine rings is 1. The molecule has 0 spiro atoms. The highest BCUT2D eigenvalue weighted by atomic mass is 32.2. The molecule has 4 rings (SSSR count). The van der Waals surface area contributed by atoms with Gasteiger partial charge in [0.1, 0.15) is 16.5 Å². The smallest absolute Gasteiger partial charge is 0.246 e. The minimum atomic E-state index is -4.04. The summed E-state index contributed by atoms with van der Waals surface area (Å²) in [5, 5.41) is 11.4. The summed E-state index contributed by atoms with van der Waals surface area (Å²) in [6.07, 6.45) is 3.34. The second-order valence-electron chi connectivity index (χ2n) is 6.61. The van der Waals surface area contributed by atoms with Crippen molar-refractivity contribution in [2.45, 2.75) is 4.90 Å². The van der Waals surface area contributed by atoms with E-state index in [0.29, 0.717) is 30.8 Å². The number of anilines is 3. The molecule has 156 valence electrons. The van der Waals surface area contributed by atoms with Crippen molar-refractivity contribution in [2.24, 2.45) is 0 Å². The second kappa shape index (κ2) is 8.28. The standard InChI is InChI=1S/C19H18F2N6O2S/c20-14-3-4-17(16(21)12-14)30(28,29)27-10-8-26(9-11-27)19-6-5-18(24-25-19)23-15-2-1-7-22-13-15/h1-7,12-13H,8-11H2,(H,23,24). The van der Waals surface area contributed by atoms with Crippen LogP contribution in [0.25, 0.3) is 0 Å². The summed E-state index contributed by atoms with van der Waals surface area (Å²) in [5.41, 5.74) is 0.784. The Bertz CT molecular complexity index is 1120. The third-order valence-electron chi connectivity index (χ3n) is 4.66. The first-order valence-electron chi connectivity index (χ1n) is 9.14. The Balaban J connectivity index is 1.40. The van der Waals surface area contributed by atoms with Crippen LogP contribution in [-0.4, -0.2) is 54.1 Å². The fourth-order valence-corrected chi connectivity index (χ4v) is 4.59. The molecule has 0 radical (unpaired) electrons. The summed E-state index contributed by atoms with van der Waals surface area (Å²) in [6.45, 7) is 1.03. The zero-order valence-electron chi connectivity index (χ0n) is 15.7. The van der Waals surface area contributed by atoms with E-state index < -0.39 is 26.6 Å². The van der Waals surface area contributed by atoms with Gasteiger partial charge in [0.05, 0.1) is 11.9 Å². The maximum Gasteiger partial charge on any atom is 0.246 e. The molecule has 1 aliphatic heterocycles. The van der Waals surface area contributed by atoms with E-state index in [2.05, 4.69) is 20.5 Å². The highest BCUT2D eigenvalue weighted by molar-refractivity contribution is 7.89. The predicted octanol–water partition coefficient (Wildman–Crippen LogP) is 2.40. The van der Waals surface area contributed by atoms with Gasteiger partial charge in [-0.2, -0.15) is 4.31 Å². The van der Waals surface area contributed by atoms with E-state index in [9.17, 15) is 17.2 Å². The van der Waals surface area contributed by atoms with E-state index in [0.717, 1.165) is 17.8 Å². The van der Waals surface area contributed by atoms with Gasteiger partial charge in [-0.25, -0.2) is 17.2 Å². The SMILES string of the molecule is O=S(=O)(c1ccc(F)cc1F)N1CCN(c2ccc(Nc3cccnc3)nn2)CC1. The number of piperazine rings is 1. The minimum Gasteiger partial charge on any atom is -0.352 e. The molecule has 2 aromatic heterocycles. The van der Waals surface area contributed by atoms with E-state index in [4.69, 9.17) is 0 Å². The zero-order valence-corrected chi connectivity index (χ0v) is 16.6. The van der Waals surface area contributed by atoms with Gasteiger partial charge in [0, 0.05) is 38.4 Å². The molecule has 1 fully saturated rings. The highest BCUT2D eigenvalue weighted by Crippen LogP contribution is 2.23. The first-order chi connectivity index (χ1) is 14.4. The van der Waals surface area contributed by atoms with Gasteiger partial charge in [0.2, 0.25) is 10.0 Å². The van der Waals surface area contributed by atoms with Gasteiger partial charge in [-0.15, -0.1) is 10.2 Å². The minimum absolute atomic E-state index is 0.149. The summed E-state index contributed by atoms with van der Waals surface area (Å²) in [6, 6.07) is 9.66. The normalized spacial score (nSPS) is 15.2. The first-order valence-corrected chi connectivity index (χ1v) is 10.6. The molecular weight excluding hydrogens is 414 g/mol. The maximum atomic E-state index is 14.0. The van der Waals surface area contributed by atoms with Gasteiger partial charge < -0.3 is 10.2 Å². The number of hydrogen-bond acceptors (Lipinski definition) is 7. The lowest BCUT2D eigenvalue weighted by molar-refractivity contribution is 0.381. The van der Waals surface area contributed by atoms with E-state index >= 15 is 0 Å². The molecule has 11 heteroatoms. The van der Waals surface area contributed by atoms with Gasteiger partial charge in [0.25, 0.3) is 0 Å². The van der Waals surface area contributed by atoms with Gasteiger partial charge in [-0.1, -0.05) is 0 Å². The Hall–Kier alpha value is -3.18. The van der Waals surface area contributed by atoms with Crippen LogP contribution in [0.2, 0.25) is 0 Å². The zero-order chi connectivity index (χ0) is 21.1. The molecule has 8 nitrogen and oxygen atoms in total. The average Bonchev–Trinajstić information content (AvgIpc) is 2.75. The third kappa shape index (κ3) is 4.21. The lowest BCUT2D eigenvalue weighted by atomic mass is 10.3. The molecule has 1 aliphatic rings. The number of sulfonamides is 1. The molecule has 30 heavy (non-hydrogen) atoms. The molecule has 1 saturated heterocycles. The summed E-state index contributed by atoms with van der Waals surface area (Å²) < 4.78 is 53.6. The van der Waals surface area contributed by atoms with Gasteiger partial charge >= 0.3 is 0 Å². The largest absolute Gasteiger partial charge is 0.352 e. The van der Waals surface area contributed by atoms with Crippen molar-refractivity contribution in [3.8, 4) is 0 Å². The molecule has 0 amide bonds. The van der Waals surface area contributed by atoms with Crippen molar-refractivity contribution < 1.29 is 17.2 Å². The van der Waals surface area contributed by atoms with Crippen LogP contribution in [0.5, 0.6) is 0 Å². The van der Waals surface area contributed by atoms with Crippen LogP contribution in [0, 0.1) is 11.6 Å². The van der Waals surface area contributed by atoms with Gasteiger partial charge in [-0.3, -0.25) is 4.98 Å². The van der Waals surface area contributed by atoms with Crippen molar-refractivity contribution in [1.29, 1.82) is 0 Å². The summed E-state index contributed by atoms with van der Waals surface area (Å²) in [4.78, 5) is 5.39. The average molecular weight is 432 g/mol. The van der Waals surface area contributed by atoms with Gasteiger partial charge in [-0.05, 0) is 36.4 Å². The molecule has 0 atom stereocenters. The second-order valence-corrected chi connectivity index (χ2v) is 8.52. The number of hydrogen-bond donors (Lipinski definition) is 1. The van der Waals surface area contributed by atoms with Crippen molar-refractivity contribution in [2.75, 3.05) is 36.4 Å². The van der Waals surface area contributed by atoms with Crippen LogP contribution in [0.3, 0.4) is 0 Å². The van der Waals surface area contributed by atoms with Crippen molar-refractivity contribution >= 4 is 27.3 Å². The number of nitrogens with zero attached hydrogens (tertiary/aromatic N) is 5.